The van der Waals surface area contributed by atoms with Crippen molar-refractivity contribution in [3.63, 3.8) is 0 Å². The van der Waals surface area contributed by atoms with Crippen LogP contribution in [0.2, 0.25) is 0 Å². The standard InChI is InChI=1S/C21H23BN2O3/c23-19(14-17-11-6-10-16-9-4-5-12-18(16)17)21(25)24-20(22(26)27)13-15-7-2-1-3-8-15/h1-12,19-20,26-27H,13-14,23H2,(H,24,25)/t19-,20-/m0/s1. The van der Waals surface area contributed by atoms with Gasteiger partial charge in [0.1, 0.15) is 0 Å². The fourth-order valence-electron chi connectivity index (χ4n) is 3.19. The molecule has 27 heavy (non-hydrogen) atoms. The number of amides is 1. The van der Waals surface area contributed by atoms with Gasteiger partial charge in [0.25, 0.3) is 0 Å². The van der Waals surface area contributed by atoms with Crippen molar-refractivity contribution in [2.24, 2.45) is 5.73 Å². The van der Waals surface area contributed by atoms with Crippen LogP contribution in [0.4, 0.5) is 0 Å². The molecule has 0 spiro atoms. The van der Waals surface area contributed by atoms with Gasteiger partial charge in [-0.05, 0) is 34.7 Å². The van der Waals surface area contributed by atoms with E-state index in [4.69, 9.17) is 5.73 Å². The lowest BCUT2D eigenvalue weighted by atomic mass is 9.75. The number of nitrogens with one attached hydrogen (secondary N) is 1. The van der Waals surface area contributed by atoms with Gasteiger partial charge in [-0.2, -0.15) is 0 Å². The highest BCUT2D eigenvalue weighted by atomic mass is 16.4. The third-order valence-electron chi connectivity index (χ3n) is 4.64. The number of nitrogens with two attached hydrogens (primary N) is 1. The Labute approximate surface area is 159 Å². The fourth-order valence-corrected chi connectivity index (χ4v) is 3.19. The molecule has 0 aliphatic carbocycles. The first kappa shape index (κ1) is 19.1. The molecule has 2 atom stereocenters. The summed E-state index contributed by atoms with van der Waals surface area (Å²) in [5, 5.41) is 24.1. The summed E-state index contributed by atoms with van der Waals surface area (Å²) in [5.74, 6) is -1.23. The maximum Gasteiger partial charge on any atom is 0.475 e. The number of benzene rings is 3. The Kier molecular flexibility index (Phi) is 6.24. The van der Waals surface area contributed by atoms with Crippen molar-refractivity contribution in [3.8, 4) is 0 Å². The van der Waals surface area contributed by atoms with E-state index in [1.807, 2.05) is 72.8 Å². The smallest absolute Gasteiger partial charge is 0.426 e. The number of carbonyl (C=O) groups excluding carboxylic acids is 1. The van der Waals surface area contributed by atoms with Crippen molar-refractivity contribution < 1.29 is 14.8 Å². The van der Waals surface area contributed by atoms with E-state index in [0.717, 1.165) is 21.9 Å². The molecule has 0 aliphatic rings. The topological polar surface area (TPSA) is 95.6 Å². The summed E-state index contributed by atoms with van der Waals surface area (Å²) in [6, 6.07) is 22.4. The van der Waals surface area contributed by atoms with Crippen LogP contribution in [-0.4, -0.2) is 35.1 Å². The van der Waals surface area contributed by atoms with Crippen LogP contribution in [0.1, 0.15) is 11.1 Å². The molecule has 0 saturated carbocycles. The second kappa shape index (κ2) is 8.82. The number of carbonyl (C=O) groups is 1. The van der Waals surface area contributed by atoms with Gasteiger partial charge in [-0.15, -0.1) is 0 Å². The van der Waals surface area contributed by atoms with E-state index in [0.29, 0.717) is 12.8 Å². The second-order valence-electron chi connectivity index (χ2n) is 6.67. The molecule has 0 saturated heterocycles. The number of hydrogen-bond acceptors (Lipinski definition) is 4. The van der Waals surface area contributed by atoms with E-state index < -0.39 is 25.0 Å². The number of hydrogen-bond donors (Lipinski definition) is 4. The van der Waals surface area contributed by atoms with E-state index in [1.165, 1.54) is 0 Å². The Morgan fingerprint density at radius 3 is 2.33 bits per heavy atom. The zero-order valence-electron chi connectivity index (χ0n) is 15.0. The molecule has 0 radical (unpaired) electrons. The minimum absolute atomic E-state index is 0.311. The highest BCUT2D eigenvalue weighted by Gasteiger charge is 2.27. The van der Waals surface area contributed by atoms with Gasteiger partial charge < -0.3 is 21.1 Å². The van der Waals surface area contributed by atoms with E-state index in [2.05, 4.69) is 5.32 Å². The minimum atomic E-state index is -1.67. The molecule has 3 aromatic rings. The van der Waals surface area contributed by atoms with Gasteiger partial charge in [0.15, 0.2) is 0 Å². The zero-order valence-corrected chi connectivity index (χ0v) is 15.0. The molecule has 3 rings (SSSR count). The lowest BCUT2D eigenvalue weighted by Gasteiger charge is -2.21. The molecular formula is C21H23BN2O3. The van der Waals surface area contributed by atoms with Gasteiger partial charge >= 0.3 is 7.12 Å². The van der Waals surface area contributed by atoms with Gasteiger partial charge in [0, 0.05) is 0 Å². The van der Waals surface area contributed by atoms with Gasteiger partial charge in [-0.25, -0.2) is 0 Å². The predicted molar refractivity (Wildman–Crippen MR) is 108 cm³/mol. The average molecular weight is 362 g/mol. The minimum Gasteiger partial charge on any atom is -0.426 e. The summed E-state index contributed by atoms with van der Waals surface area (Å²) in [7, 11) is -1.67. The van der Waals surface area contributed by atoms with Crippen LogP contribution >= 0.6 is 0 Å². The van der Waals surface area contributed by atoms with Crippen molar-refractivity contribution in [1.82, 2.24) is 5.32 Å². The van der Waals surface area contributed by atoms with Crippen molar-refractivity contribution >= 4 is 23.8 Å². The number of fused-ring (bicyclic) bond motifs is 1. The first-order valence-corrected chi connectivity index (χ1v) is 8.97. The number of rotatable bonds is 7. The molecule has 5 N–H and O–H groups in total. The summed E-state index contributed by atoms with van der Waals surface area (Å²) >= 11 is 0. The summed E-state index contributed by atoms with van der Waals surface area (Å²) in [6.07, 6.45) is 0.679. The second-order valence-corrected chi connectivity index (χ2v) is 6.67. The Balaban J connectivity index is 1.68. The Bertz CT molecular complexity index is 897. The molecule has 0 aromatic heterocycles. The molecule has 6 heteroatoms. The van der Waals surface area contributed by atoms with Crippen molar-refractivity contribution in [3.05, 3.63) is 83.9 Å². The molecule has 138 valence electrons. The lowest BCUT2D eigenvalue weighted by molar-refractivity contribution is -0.122. The van der Waals surface area contributed by atoms with Crippen LogP contribution in [0.15, 0.2) is 72.8 Å². The van der Waals surface area contributed by atoms with Gasteiger partial charge in [0.05, 0.1) is 12.0 Å². The van der Waals surface area contributed by atoms with Crippen LogP contribution in [0, 0.1) is 0 Å². The normalized spacial score (nSPS) is 13.1. The highest BCUT2D eigenvalue weighted by molar-refractivity contribution is 6.43. The quantitative estimate of drug-likeness (QED) is 0.479. The maximum absolute atomic E-state index is 12.5. The van der Waals surface area contributed by atoms with Crippen molar-refractivity contribution in [2.75, 3.05) is 0 Å². The molecule has 0 bridgehead atoms. The fraction of sp³-hybridized carbons (Fsp3) is 0.190. The molecule has 1 amide bonds. The van der Waals surface area contributed by atoms with Crippen LogP contribution < -0.4 is 11.1 Å². The van der Waals surface area contributed by atoms with Crippen molar-refractivity contribution in [1.29, 1.82) is 0 Å². The molecular weight excluding hydrogens is 339 g/mol. The molecule has 0 unspecified atom stereocenters. The maximum atomic E-state index is 12.5. The third kappa shape index (κ3) is 4.95. The van der Waals surface area contributed by atoms with E-state index in [1.54, 1.807) is 0 Å². The van der Waals surface area contributed by atoms with Gasteiger partial charge in [-0.3, -0.25) is 4.79 Å². The third-order valence-corrected chi connectivity index (χ3v) is 4.64. The molecule has 3 aromatic carbocycles. The van der Waals surface area contributed by atoms with Crippen LogP contribution in [-0.2, 0) is 17.6 Å². The van der Waals surface area contributed by atoms with Crippen LogP contribution in [0.3, 0.4) is 0 Å². The first-order valence-electron chi connectivity index (χ1n) is 8.97. The van der Waals surface area contributed by atoms with Crippen LogP contribution in [0.25, 0.3) is 10.8 Å². The Morgan fingerprint density at radius 2 is 1.59 bits per heavy atom. The molecule has 0 heterocycles. The van der Waals surface area contributed by atoms with E-state index in [-0.39, 0.29) is 0 Å². The van der Waals surface area contributed by atoms with E-state index >= 15 is 0 Å². The first-order chi connectivity index (χ1) is 13.0. The lowest BCUT2D eigenvalue weighted by Crippen LogP contribution is -2.53. The molecule has 0 aliphatic heterocycles. The highest BCUT2D eigenvalue weighted by Crippen LogP contribution is 2.19. The SMILES string of the molecule is N[C@@H](Cc1cccc2ccccc12)C(=O)N[C@@H](Cc1ccccc1)B(O)O. The summed E-state index contributed by atoms with van der Waals surface area (Å²) in [4.78, 5) is 12.5. The molecule has 5 nitrogen and oxygen atoms in total. The van der Waals surface area contributed by atoms with Crippen LogP contribution in [0.5, 0.6) is 0 Å². The average Bonchev–Trinajstić information content (AvgIpc) is 2.68. The Hall–Kier alpha value is -2.67. The Morgan fingerprint density at radius 1 is 0.926 bits per heavy atom. The summed E-state index contributed by atoms with van der Waals surface area (Å²) < 4.78 is 0. The predicted octanol–water partition coefficient (Wildman–Crippen LogP) is 1.45. The summed E-state index contributed by atoms with van der Waals surface area (Å²) in [5.41, 5.74) is 7.99. The van der Waals surface area contributed by atoms with Gasteiger partial charge in [0.2, 0.25) is 5.91 Å². The van der Waals surface area contributed by atoms with Gasteiger partial charge in [-0.1, -0.05) is 72.8 Å². The van der Waals surface area contributed by atoms with E-state index in [9.17, 15) is 14.8 Å². The zero-order chi connectivity index (χ0) is 19.2. The molecule has 0 fully saturated rings. The largest absolute Gasteiger partial charge is 0.475 e. The van der Waals surface area contributed by atoms with Crippen molar-refractivity contribution in [2.45, 2.75) is 24.8 Å². The monoisotopic (exact) mass is 362 g/mol. The summed E-state index contributed by atoms with van der Waals surface area (Å²) in [6.45, 7) is 0.